The number of Topliss-reactive ketones (excluding diaryl/α,β-unsaturated/α-hetero) is 1. The first kappa shape index (κ1) is 8.85. The number of rotatable bonds is 0. The fourth-order valence-corrected chi connectivity index (χ4v) is 2.64. The highest BCUT2D eigenvalue weighted by atomic mass is 32.2. The first-order valence-corrected chi connectivity index (χ1v) is 5.49. The van der Waals surface area contributed by atoms with Crippen LogP contribution >= 0.6 is 11.8 Å². The Kier molecular flexibility index (Phi) is 1.95. The van der Waals surface area contributed by atoms with Crippen LogP contribution in [0.4, 0.5) is 0 Å². The molecular weight excluding hydrogens is 212 g/mol. The molecule has 3 nitrogen and oxygen atoms in total. The van der Waals surface area contributed by atoms with Crippen molar-refractivity contribution in [3.8, 4) is 0 Å². The lowest BCUT2D eigenvalue weighted by Gasteiger charge is -1.99. The van der Waals surface area contributed by atoms with Crippen LogP contribution in [0.3, 0.4) is 0 Å². The van der Waals surface area contributed by atoms with Crippen molar-refractivity contribution in [2.24, 2.45) is 0 Å². The molecule has 3 rings (SSSR count). The summed E-state index contributed by atoms with van der Waals surface area (Å²) in [5.41, 5.74) is 0.740. The number of ether oxygens (including phenoxy) is 2. The van der Waals surface area contributed by atoms with Crippen molar-refractivity contribution in [1.82, 2.24) is 0 Å². The van der Waals surface area contributed by atoms with Crippen LogP contribution in [0.1, 0.15) is 10.4 Å². The lowest BCUT2D eigenvalue weighted by Crippen LogP contribution is -1.98. The Hall–Kier alpha value is -1.42. The van der Waals surface area contributed by atoms with Gasteiger partial charge in [-0.25, -0.2) is 0 Å². The lowest BCUT2D eigenvalue weighted by atomic mass is 10.1. The smallest absolute Gasteiger partial charge is 0.298 e. The van der Waals surface area contributed by atoms with Crippen LogP contribution < -0.4 is 0 Å². The van der Waals surface area contributed by atoms with E-state index in [9.17, 15) is 4.79 Å². The second-order valence-electron chi connectivity index (χ2n) is 3.24. The third-order valence-electron chi connectivity index (χ3n) is 2.28. The van der Waals surface area contributed by atoms with Gasteiger partial charge in [0, 0.05) is 10.5 Å². The molecule has 0 radical (unpaired) electrons. The number of hydrogen-bond donors (Lipinski definition) is 0. The van der Waals surface area contributed by atoms with E-state index in [1.807, 2.05) is 24.3 Å². The summed E-state index contributed by atoms with van der Waals surface area (Å²) in [6, 6.07) is 7.54. The van der Waals surface area contributed by atoms with Crippen LogP contribution in [0.5, 0.6) is 0 Å². The van der Waals surface area contributed by atoms with Crippen LogP contribution in [0.25, 0.3) is 0 Å². The van der Waals surface area contributed by atoms with Gasteiger partial charge in [-0.2, -0.15) is 0 Å². The number of allylic oxidation sites excluding steroid dienone is 1. The topological polar surface area (TPSA) is 35.5 Å². The average Bonchev–Trinajstić information content (AvgIpc) is 2.87. The summed E-state index contributed by atoms with van der Waals surface area (Å²) < 4.78 is 10.5. The normalized spacial score (nSPS) is 18.8. The second kappa shape index (κ2) is 3.31. The highest BCUT2D eigenvalue weighted by molar-refractivity contribution is 8.04. The van der Waals surface area contributed by atoms with Crippen LogP contribution in [0.15, 0.2) is 40.0 Å². The Morgan fingerprint density at radius 3 is 2.60 bits per heavy atom. The Morgan fingerprint density at radius 2 is 1.87 bits per heavy atom. The summed E-state index contributed by atoms with van der Waals surface area (Å²) in [6.45, 7) is 1.06. The number of fused-ring (bicyclic) bond motifs is 1. The fourth-order valence-electron chi connectivity index (χ4n) is 1.60. The van der Waals surface area contributed by atoms with Crippen molar-refractivity contribution >= 4 is 17.5 Å². The maximum atomic E-state index is 11.9. The van der Waals surface area contributed by atoms with Gasteiger partial charge < -0.3 is 9.47 Å². The molecule has 76 valence electrons. The second-order valence-corrected chi connectivity index (χ2v) is 4.29. The van der Waals surface area contributed by atoms with E-state index in [4.69, 9.17) is 9.47 Å². The van der Waals surface area contributed by atoms with Crippen molar-refractivity contribution < 1.29 is 14.3 Å². The number of carbonyl (C=O) groups excluding carboxylic acids is 1. The zero-order chi connectivity index (χ0) is 10.3. The number of carbonyl (C=O) groups is 1. The highest BCUT2D eigenvalue weighted by Gasteiger charge is 2.31. The van der Waals surface area contributed by atoms with Gasteiger partial charge in [0.1, 0.15) is 18.1 Å². The summed E-state index contributed by atoms with van der Waals surface area (Å²) in [4.78, 5) is 13.5. The van der Waals surface area contributed by atoms with Crippen LogP contribution in [0.2, 0.25) is 0 Å². The molecule has 0 spiro atoms. The molecule has 0 atom stereocenters. The minimum Gasteiger partial charge on any atom is -0.461 e. The molecule has 2 aliphatic heterocycles. The SMILES string of the molecule is O=C1C(=C2OCCO2)Sc2ccccc21. The molecule has 0 unspecified atom stereocenters. The summed E-state index contributed by atoms with van der Waals surface area (Å²) in [7, 11) is 0. The lowest BCUT2D eigenvalue weighted by molar-refractivity contribution is 0.102. The summed E-state index contributed by atoms with van der Waals surface area (Å²) in [5.74, 6) is 0.397. The van der Waals surface area contributed by atoms with Gasteiger partial charge >= 0.3 is 0 Å². The van der Waals surface area contributed by atoms with E-state index in [2.05, 4.69) is 0 Å². The van der Waals surface area contributed by atoms with E-state index >= 15 is 0 Å². The van der Waals surface area contributed by atoms with Gasteiger partial charge in [0.05, 0.1) is 0 Å². The molecule has 0 bridgehead atoms. The molecule has 2 aliphatic rings. The van der Waals surface area contributed by atoms with E-state index in [-0.39, 0.29) is 5.78 Å². The molecule has 0 aliphatic carbocycles. The molecule has 4 heteroatoms. The predicted molar refractivity (Wildman–Crippen MR) is 55.6 cm³/mol. The van der Waals surface area contributed by atoms with Gasteiger partial charge in [0.15, 0.2) is 0 Å². The van der Waals surface area contributed by atoms with Crippen molar-refractivity contribution in [2.75, 3.05) is 13.2 Å². The standard InChI is InChI=1S/C11H8O3S/c12-9-7-3-1-2-4-8(7)15-10(9)11-13-5-6-14-11/h1-4H,5-6H2. The van der Waals surface area contributed by atoms with Crippen LogP contribution in [-0.4, -0.2) is 19.0 Å². The van der Waals surface area contributed by atoms with E-state index in [1.54, 1.807) is 0 Å². The van der Waals surface area contributed by atoms with E-state index < -0.39 is 0 Å². The molecule has 0 saturated carbocycles. The van der Waals surface area contributed by atoms with Crippen LogP contribution in [-0.2, 0) is 9.47 Å². The molecule has 0 N–H and O–H groups in total. The van der Waals surface area contributed by atoms with Crippen molar-refractivity contribution in [1.29, 1.82) is 0 Å². The summed E-state index contributed by atoms with van der Waals surface area (Å²) in [5, 5.41) is 0. The van der Waals surface area contributed by atoms with E-state index in [1.165, 1.54) is 11.8 Å². The quantitative estimate of drug-likeness (QED) is 0.628. The minimum absolute atomic E-state index is 0.00694. The summed E-state index contributed by atoms with van der Waals surface area (Å²) >= 11 is 1.42. The third-order valence-corrected chi connectivity index (χ3v) is 3.42. The molecule has 0 aromatic heterocycles. The summed E-state index contributed by atoms with van der Waals surface area (Å²) in [6.07, 6.45) is 0. The van der Waals surface area contributed by atoms with Gasteiger partial charge in [-0.05, 0) is 12.1 Å². The Bertz CT molecular complexity index is 457. The van der Waals surface area contributed by atoms with Crippen molar-refractivity contribution in [3.05, 3.63) is 40.7 Å². The number of benzene rings is 1. The van der Waals surface area contributed by atoms with Gasteiger partial charge in [0.2, 0.25) is 5.78 Å². The largest absolute Gasteiger partial charge is 0.461 e. The van der Waals surface area contributed by atoms with Crippen molar-refractivity contribution in [2.45, 2.75) is 4.90 Å². The number of hydrogen-bond acceptors (Lipinski definition) is 4. The maximum absolute atomic E-state index is 11.9. The molecule has 15 heavy (non-hydrogen) atoms. The van der Waals surface area contributed by atoms with Crippen LogP contribution in [0, 0.1) is 0 Å². The average molecular weight is 220 g/mol. The highest BCUT2D eigenvalue weighted by Crippen LogP contribution is 2.42. The molecule has 1 fully saturated rings. The zero-order valence-corrected chi connectivity index (χ0v) is 8.67. The molecule has 1 aromatic carbocycles. The zero-order valence-electron chi connectivity index (χ0n) is 7.86. The Balaban J connectivity index is 2.06. The Morgan fingerprint density at radius 1 is 1.13 bits per heavy atom. The van der Waals surface area contributed by atoms with Gasteiger partial charge in [0.25, 0.3) is 5.95 Å². The monoisotopic (exact) mass is 220 g/mol. The van der Waals surface area contributed by atoms with Gasteiger partial charge in [-0.15, -0.1) is 0 Å². The first-order chi connectivity index (χ1) is 7.36. The number of thioether (sulfide) groups is 1. The maximum Gasteiger partial charge on any atom is 0.298 e. The molecule has 0 amide bonds. The van der Waals surface area contributed by atoms with Crippen molar-refractivity contribution in [3.63, 3.8) is 0 Å². The number of ketones is 1. The molecule has 1 aromatic rings. The first-order valence-electron chi connectivity index (χ1n) is 4.68. The molecule has 2 heterocycles. The molecule has 1 saturated heterocycles. The minimum atomic E-state index is 0.00694. The fraction of sp³-hybridized carbons (Fsp3) is 0.182. The predicted octanol–water partition coefficient (Wildman–Crippen LogP) is 2.19. The van der Waals surface area contributed by atoms with Gasteiger partial charge in [-0.1, -0.05) is 23.9 Å². The Labute approximate surface area is 91.1 Å². The van der Waals surface area contributed by atoms with E-state index in [0.29, 0.717) is 24.1 Å². The van der Waals surface area contributed by atoms with Gasteiger partial charge in [-0.3, -0.25) is 4.79 Å². The van der Waals surface area contributed by atoms with E-state index in [0.717, 1.165) is 10.5 Å². The third kappa shape index (κ3) is 1.33. The molecular formula is C11H8O3S.